The average molecular weight is 338 g/mol. The SMILES string of the molecule is C[C@@H]1C[C@H](NC(=O)Cc2ccc(Br)cc2)CC(C)(C)C1. The highest BCUT2D eigenvalue weighted by Crippen LogP contribution is 2.38. The monoisotopic (exact) mass is 337 g/mol. The van der Waals surface area contributed by atoms with Gasteiger partial charge in [-0.25, -0.2) is 0 Å². The molecule has 1 fully saturated rings. The molecule has 1 N–H and O–H groups in total. The predicted molar refractivity (Wildman–Crippen MR) is 86.6 cm³/mol. The molecule has 110 valence electrons. The summed E-state index contributed by atoms with van der Waals surface area (Å²) in [5.74, 6) is 0.832. The molecule has 20 heavy (non-hydrogen) atoms. The highest BCUT2D eigenvalue weighted by Gasteiger charge is 2.32. The Bertz CT molecular complexity index is 466. The van der Waals surface area contributed by atoms with Crippen molar-refractivity contribution >= 4 is 21.8 Å². The maximum Gasteiger partial charge on any atom is 0.224 e. The zero-order valence-corrected chi connectivity index (χ0v) is 14.2. The van der Waals surface area contributed by atoms with Gasteiger partial charge in [0.15, 0.2) is 0 Å². The van der Waals surface area contributed by atoms with Crippen LogP contribution in [0.2, 0.25) is 0 Å². The van der Waals surface area contributed by atoms with Gasteiger partial charge in [0.25, 0.3) is 0 Å². The third kappa shape index (κ3) is 4.62. The van der Waals surface area contributed by atoms with Gasteiger partial charge in [-0.1, -0.05) is 48.8 Å². The number of hydrogen-bond acceptors (Lipinski definition) is 1. The second-order valence-electron chi connectivity index (χ2n) is 6.98. The molecule has 0 bridgehead atoms. The van der Waals surface area contributed by atoms with Crippen molar-refractivity contribution in [1.82, 2.24) is 5.32 Å². The first kappa shape index (κ1) is 15.6. The normalized spacial score (nSPS) is 25.2. The summed E-state index contributed by atoms with van der Waals surface area (Å²) in [4.78, 5) is 12.2. The van der Waals surface area contributed by atoms with E-state index in [2.05, 4.69) is 42.0 Å². The van der Waals surface area contributed by atoms with Gasteiger partial charge in [-0.2, -0.15) is 0 Å². The first-order valence-corrected chi connectivity index (χ1v) is 8.17. The Balaban J connectivity index is 1.89. The zero-order chi connectivity index (χ0) is 14.8. The summed E-state index contributed by atoms with van der Waals surface area (Å²) < 4.78 is 1.05. The number of rotatable bonds is 3. The number of nitrogens with one attached hydrogen (secondary N) is 1. The van der Waals surface area contributed by atoms with Crippen molar-refractivity contribution in [2.75, 3.05) is 0 Å². The van der Waals surface area contributed by atoms with Crippen molar-refractivity contribution in [2.24, 2.45) is 11.3 Å². The number of amides is 1. The maximum atomic E-state index is 12.2. The Morgan fingerprint density at radius 1 is 1.30 bits per heavy atom. The van der Waals surface area contributed by atoms with E-state index in [0.717, 1.165) is 22.9 Å². The molecule has 2 rings (SSSR count). The third-order valence-electron chi connectivity index (χ3n) is 4.03. The van der Waals surface area contributed by atoms with Crippen LogP contribution in [-0.2, 0) is 11.2 Å². The Morgan fingerprint density at radius 2 is 1.95 bits per heavy atom. The molecule has 0 unspecified atom stereocenters. The molecule has 0 radical (unpaired) electrons. The van der Waals surface area contributed by atoms with Gasteiger partial charge in [-0.15, -0.1) is 0 Å². The van der Waals surface area contributed by atoms with Gasteiger partial charge in [-0.05, 0) is 48.3 Å². The van der Waals surface area contributed by atoms with Crippen molar-refractivity contribution < 1.29 is 4.79 Å². The molecule has 0 saturated heterocycles. The molecule has 1 aliphatic rings. The van der Waals surface area contributed by atoms with Crippen LogP contribution in [0.3, 0.4) is 0 Å². The van der Waals surface area contributed by atoms with Crippen LogP contribution >= 0.6 is 15.9 Å². The number of benzene rings is 1. The first-order valence-electron chi connectivity index (χ1n) is 7.38. The predicted octanol–water partition coefficient (Wildman–Crippen LogP) is 4.32. The molecule has 1 aromatic carbocycles. The van der Waals surface area contributed by atoms with Gasteiger partial charge in [0, 0.05) is 10.5 Å². The first-order chi connectivity index (χ1) is 9.34. The molecule has 0 aromatic heterocycles. The number of carbonyl (C=O) groups is 1. The van der Waals surface area contributed by atoms with Gasteiger partial charge in [0.05, 0.1) is 6.42 Å². The fourth-order valence-electron chi connectivity index (χ4n) is 3.52. The van der Waals surface area contributed by atoms with E-state index in [1.54, 1.807) is 0 Å². The van der Waals surface area contributed by atoms with Crippen molar-refractivity contribution in [3.63, 3.8) is 0 Å². The summed E-state index contributed by atoms with van der Waals surface area (Å²) >= 11 is 3.41. The van der Waals surface area contributed by atoms with Gasteiger partial charge < -0.3 is 5.32 Å². The summed E-state index contributed by atoms with van der Waals surface area (Å²) in [6.07, 6.45) is 3.92. The molecule has 2 nitrogen and oxygen atoms in total. The van der Waals surface area contributed by atoms with Crippen LogP contribution in [0, 0.1) is 11.3 Å². The number of halogens is 1. The smallest absolute Gasteiger partial charge is 0.224 e. The second-order valence-corrected chi connectivity index (χ2v) is 7.90. The Morgan fingerprint density at radius 3 is 2.55 bits per heavy atom. The van der Waals surface area contributed by atoms with Crippen LogP contribution in [0.4, 0.5) is 0 Å². The second kappa shape index (κ2) is 6.30. The lowest BCUT2D eigenvalue weighted by atomic mass is 9.70. The van der Waals surface area contributed by atoms with E-state index < -0.39 is 0 Å². The molecule has 1 aliphatic carbocycles. The van der Waals surface area contributed by atoms with E-state index in [-0.39, 0.29) is 5.91 Å². The van der Waals surface area contributed by atoms with Crippen LogP contribution in [0.15, 0.2) is 28.7 Å². The zero-order valence-electron chi connectivity index (χ0n) is 12.6. The van der Waals surface area contributed by atoms with E-state index in [1.807, 2.05) is 24.3 Å². The highest BCUT2D eigenvalue weighted by molar-refractivity contribution is 9.10. The lowest BCUT2D eigenvalue weighted by molar-refractivity contribution is -0.121. The lowest BCUT2D eigenvalue weighted by Crippen LogP contribution is -2.43. The molecule has 0 spiro atoms. The van der Waals surface area contributed by atoms with Crippen LogP contribution in [0.5, 0.6) is 0 Å². The van der Waals surface area contributed by atoms with E-state index in [4.69, 9.17) is 0 Å². The van der Waals surface area contributed by atoms with Gasteiger partial charge in [0.1, 0.15) is 0 Å². The van der Waals surface area contributed by atoms with Crippen molar-refractivity contribution in [2.45, 2.75) is 52.5 Å². The van der Waals surface area contributed by atoms with Crippen molar-refractivity contribution in [3.05, 3.63) is 34.3 Å². The van der Waals surface area contributed by atoms with Crippen molar-refractivity contribution in [3.8, 4) is 0 Å². The van der Waals surface area contributed by atoms with Gasteiger partial charge in [-0.3, -0.25) is 4.79 Å². The van der Waals surface area contributed by atoms with Crippen LogP contribution < -0.4 is 5.32 Å². The Hall–Kier alpha value is -0.830. The number of carbonyl (C=O) groups excluding carboxylic acids is 1. The summed E-state index contributed by atoms with van der Waals surface area (Å²) in [5.41, 5.74) is 1.40. The number of hydrogen-bond donors (Lipinski definition) is 1. The van der Waals surface area contributed by atoms with Crippen LogP contribution in [-0.4, -0.2) is 11.9 Å². The molecule has 2 atom stereocenters. The molecule has 0 aliphatic heterocycles. The molecule has 1 saturated carbocycles. The molecule has 1 amide bonds. The van der Waals surface area contributed by atoms with Crippen LogP contribution in [0.25, 0.3) is 0 Å². The van der Waals surface area contributed by atoms with E-state index >= 15 is 0 Å². The minimum Gasteiger partial charge on any atom is -0.353 e. The lowest BCUT2D eigenvalue weighted by Gasteiger charge is -2.39. The average Bonchev–Trinajstić information content (AvgIpc) is 2.29. The van der Waals surface area contributed by atoms with Crippen molar-refractivity contribution in [1.29, 1.82) is 0 Å². The van der Waals surface area contributed by atoms with E-state index in [9.17, 15) is 4.79 Å². The summed E-state index contributed by atoms with van der Waals surface area (Å²) in [6, 6.07) is 8.29. The van der Waals surface area contributed by atoms with E-state index in [0.29, 0.717) is 23.8 Å². The highest BCUT2D eigenvalue weighted by atomic mass is 79.9. The molecule has 0 heterocycles. The minimum absolute atomic E-state index is 0.141. The topological polar surface area (TPSA) is 29.1 Å². The summed E-state index contributed by atoms with van der Waals surface area (Å²) in [7, 11) is 0. The Labute approximate surface area is 130 Å². The molecular formula is C17H24BrNO. The third-order valence-corrected chi connectivity index (χ3v) is 4.56. The van der Waals surface area contributed by atoms with Gasteiger partial charge >= 0.3 is 0 Å². The quantitative estimate of drug-likeness (QED) is 0.874. The van der Waals surface area contributed by atoms with Gasteiger partial charge in [0.2, 0.25) is 5.91 Å². The van der Waals surface area contributed by atoms with E-state index in [1.165, 1.54) is 6.42 Å². The molecular weight excluding hydrogens is 314 g/mol. The van der Waals surface area contributed by atoms with Crippen LogP contribution in [0.1, 0.15) is 45.6 Å². The molecule has 3 heteroatoms. The minimum atomic E-state index is 0.141. The standard InChI is InChI=1S/C17H24BrNO/c1-12-8-15(11-17(2,3)10-12)19-16(20)9-13-4-6-14(18)7-5-13/h4-7,12,15H,8-11H2,1-3H3,(H,19,20)/t12-,15+/m1/s1. The fraction of sp³-hybridized carbons (Fsp3) is 0.588. The fourth-order valence-corrected chi connectivity index (χ4v) is 3.79. The Kier molecular flexibility index (Phi) is 4.90. The summed E-state index contributed by atoms with van der Waals surface area (Å²) in [5, 5.41) is 3.22. The maximum absolute atomic E-state index is 12.2. The summed E-state index contributed by atoms with van der Waals surface area (Å²) in [6.45, 7) is 6.89. The largest absolute Gasteiger partial charge is 0.353 e. The molecule has 1 aromatic rings.